The number of anilines is 2. The second-order valence-corrected chi connectivity index (χ2v) is 8.68. The number of benzene rings is 2. The van der Waals surface area contributed by atoms with Gasteiger partial charge < -0.3 is 5.32 Å². The van der Waals surface area contributed by atoms with Crippen molar-refractivity contribution in [3.63, 3.8) is 0 Å². The number of carbonyl (C=O) groups is 2. The number of aromatic nitrogens is 1. The molecule has 1 heterocycles. The highest BCUT2D eigenvalue weighted by Crippen LogP contribution is 2.28. The number of hydrogen-bond acceptors (Lipinski definition) is 6. The molecule has 0 saturated carbocycles. The number of nitrogens with one attached hydrogen (secondary N) is 2. The van der Waals surface area contributed by atoms with E-state index in [-0.39, 0.29) is 16.7 Å². The molecule has 0 aliphatic heterocycles. The van der Waals surface area contributed by atoms with Gasteiger partial charge in [0.2, 0.25) is 5.91 Å². The van der Waals surface area contributed by atoms with E-state index in [4.69, 9.17) is 0 Å². The number of nitrogens with zero attached hydrogens (tertiary/aromatic N) is 1. The standard InChI is InChI=1S/C17H15N3O4S2/c1-10(21)18-12-5-3-11(4-6-12)16(22)20-17-19-14-8-7-13(26(2,23)24)9-15(14)25-17/h3-9H,1-2H3,(H,18,21)(H,19,20,22). The molecule has 26 heavy (non-hydrogen) atoms. The van der Waals surface area contributed by atoms with Gasteiger partial charge in [-0.15, -0.1) is 0 Å². The molecular weight excluding hydrogens is 374 g/mol. The van der Waals surface area contributed by atoms with Gasteiger partial charge in [0.15, 0.2) is 15.0 Å². The lowest BCUT2D eigenvalue weighted by molar-refractivity contribution is -0.114. The van der Waals surface area contributed by atoms with Crippen LogP contribution in [0.4, 0.5) is 10.8 Å². The fraction of sp³-hybridized carbons (Fsp3) is 0.118. The summed E-state index contributed by atoms with van der Waals surface area (Å²) in [5.74, 6) is -0.535. The van der Waals surface area contributed by atoms with E-state index in [0.29, 0.717) is 26.6 Å². The molecule has 1 aromatic heterocycles. The third-order valence-electron chi connectivity index (χ3n) is 3.48. The molecule has 0 radical (unpaired) electrons. The van der Waals surface area contributed by atoms with E-state index in [1.54, 1.807) is 36.4 Å². The number of hydrogen-bond donors (Lipinski definition) is 2. The molecule has 2 amide bonds. The molecule has 3 aromatic rings. The Balaban J connectivity index is 1.79. The first kappa shape index (κ1) is 18.0. The Hall–Kier alpha value is -2.78. The van der Waals surface area contributed by atoms with Crippen molar-refractivity contribution in [1.82, 2.24) is 4.98 Å². The van der Waals surface area contributed by atoms with Crippen molar-refractivity contribution in [2.45, 2.75) is 11.8 Å². The van der Waals surface area contributed by atoms with Crippen molar-refractivity contribution in [3.8, 4) is 0 Å². The first-order valence-electron chi connectivity index (χ1n) is 7.52. The Labute approximate surface area is 154 Å². The van der Waals surface area contributed by atoms with Crippen molar-refractivity contribution >= 4 is 54.0 Å². The molecular formula is C17H15N3O4S2. The minimum atomic E-state index is -3.30. The molecule has 0 saturated heterocycles. The van der Waals surface area contributed by atoms with Crippen LogP contribution in [0.5, 0.6) is 0 Å². The predicted molar refractivity (Wildman–Crippen MR) is 101 cm³/mol. The maximum atomic E-state index is 12.3. The second kappa shape index (κ2) is 6.85. The first-order valence-corrected chi connectivity index (χ1v) is 10.2. The zero-order valence-electron chi connectivity index (χ0n) is 13.9. The van der Waals surface area contributed by atoms with E-state index in [1.165, 1.54) is 24.3 Å². The number of amides is 2. The zero-order chi connectivity index (χ0) is 18.9. The SMILES string of the molecule is CC(=O)Nc1ccc(C(=O)Nc2nc3ccc(S(C)(=O)=O)cc3s2)cc1. The monoisotopic (exact) mass is 389 g/mol. The van der Waals surface area contributed by atoms with Crippen LogP contribution >= 0.6 is 11.3 Å². The van der Waals surface area contributed by atoms with Crippen LogP contribution in [-0.4, -0.2) is 31.5 Å². The van der Waals surface area contributed by atoms with Gasteiger partial charge in [-0.3, -0.25) is 14.9 Å². The average molecular weight is 389 g/mol. The molecule has 3 rings (SSSR count). The fourth-order valence-electron chi connectivity index (χ4n) is 2.27. The fourth-order valence-corrected chi connectivity index (χ4v) is 3.89. The van der Waals surface area contributed by atoms with Crippen molar-refractivity contribution in [1.29, 1.82) is 0 Å². The molecule has 134 valence electrons. The van der Waals surface area contributed by atoms with E-state index in [2.05, 4.69) is 15.6 Å². The summed E-state index contributed by atoms with van der Waals surface area (Å²) in [4.78, 5) is 27.8. The Morgan fingerprint density at radius 3 is 2.35 bits per heavy atom. The lowest BCUT2D eigenvalue weighted by Crippen LogP contribution is -2.12. The summed E-state index contributed by atoms with van der Waals surface area (Å²) < 4.78 is 23.9. The average Bonchev–Trinajstić information content (AvgIpc) is 2.95. The smallest absolute Gasteiger partial charge is 0.257 e. The summed E-state index contributed by atoms with van der Waals surface area (Å²) >= 11 is 1.20. The van der Waals surface area contributed by atoms with Crippen LogP contribution in [0, 0.1) is 0 Å². The van der Waals surface area contributed by atoms with Crippen molar-refractivity contribution in [3.05, 3.63) is 48.0 Å². The van der Waals surface area contributed by atoms with Gasteiger partial charge in [-0.2, -0.15) is 0 Å². The van der Waals surface area contributed by atoms with Gasteiger partial charge >= 0.3 is 0 Å². The number of sulfone groups is 1. The summed E-state index contributed by atoms with van der Waals surface area (Å²) in [6.45, 7) is 1.41. The molecule has 0 spiro atoms. The third-order valence-corrected chi connectivity index (χ3v) is 5.52. The lowest BCUT2D eigenvalue weighted by Gasteiger charge is -2.04. The van der Waals surface area contributed by atoms with Crippen molar-refractivity contribution in [2.75, 3.05) is 16.9 Å². The topological polar surface area (TPSA) is 105 Å². The van der Waals surface area contributed by atoms with Crippen LogP contribution in [-0.2, 0) is 14.6 Å². The summed E-state index contributed by atoms with van der Waals surface area (Å²) in [7, 11) is -3.30. The second-order valence-electron chi connectivity index (χ2n) is 5.63. The van der Waals surface area contributed by atoms with Gasteiger partial charge in [0, 0.05) is 24.4 Å². The minimum absolute atomic E-state index is 0.190. The quantitative estimate of drug-likeness (QED) is 0.714. The third kappa shape index (κ3) is 4.06. The van der Waals surface area contributed by atoms with Crippen LogP contribution in [0.15, 0.2) is 47.4 Å². The maximum Gasteiger partial charge on any atom is 0.257 e. The van der Waals surface area contributed by atoms with Crippen molar-refractivity contribution in [2.24, 2.45) is 0 Å². The minimum Gasteiger partial charge on any atom is -0.326 e. The summed E-state index contributed by atoms with van der Waals surface area (Å²) in [5, 5.41) is 5.70. The normalized spacial score (nSPS) is 11.3. The molecule has 0 aliphatic carbocycles. The van der Waals surface area contributed by atoms with Crippen LogP contribution in [0.3, 0.4) is 0 Å². The maximum absolute atomic E-state index is 12.3. The van der Waals surface area contributed by atoms with Crippen LogP contribution in [0.25, 0.3) is 10.2 Å². The van der Waals surface area contributed by atoms with E-state index in [9.17, 15) is 18.0 Å². The molecule has 7 nitrogen and oxygen atoms in total. The predicted octanol–water partition coefficient (Wildman–Crippen LogP) is 2.91. The van der Waals surface area contributed by atoms with Gasteiger partial charge in [-0.1, -0.05) is 11.3 Å². The van der Waals surface area contributed by atoms with Gasteiger partial charge in [0.05, 0.1) is 15.1 Å². The van der Waals surface area contributed by atoms with E-state index in [0.717, 1.165) is 6.26 Å². The molecule has 2 aromatic carbocycles. The Bertz CT molecular complexity index is 1100. The van der Waals surface area contributed by atoms with E-state index in [1.807, 2.05) is 0 Å². The largest absolute Gasteiger partial charge is 0.326 e. The molecule has 0 aliphatic rings. The Morgan fingerprint density at radius 1 is 1.04 bits per heavy atom. The molecule has 0 atom stereocenters. The van der Waals surface area contributed by atoms with Gasteiger partial charge in [-0.25, -0.2) is 13.4 Å². The van der Waals surface area contributed by atoms with Crippen LogP contribution in [0.1, 0.15) is 17.3 Å². The van der Waals surface area contributed by atoms with Gasteiger partial charge in [-0.05, 0) is 42.5 Å². The summed E-state index contributed by atoms with van der Waals surface area (Å²) in [6.07, 6.45) is 1.14. The highest BCUT2D eigenvalue weighted by atomic mass is 32.2. The van der Waals surface area contributed by atoms with Crippen molar-refractivity contribution < 1.29 is 18.0 Å². The van der Waals surface area contributed by atoms with Crippen LogP contribution in [0.2, 0.25) is 0 Å². The first-order chi connectivity index (χ1) is 12.2. The number of thiazole rings is 1. The van der Waals surface area contributed by atoms with Crippen LogP contribution < -0.4 is 10.6 Å². The summed E-state index contributed by atoms with van der Waals surface area (Å²) in [5.41, 5.74) is 1.62. The summed E-state index contributed by atoms with van der Waals surface area (Å²) in [6, 6.07) is 11.1. The highest BCUT2D eigenvalue weighted by molar-refractivity contribution is 7.90. The highest BCUT2D eigenvalue weighted by Gasteiger charge is 2.13. The molecule has 9 heteroatoms. The zero-order valence-corrected chi connectivity index (χ0v) is 15.6. The Kier molecular flexibility index (Phi) is 4.75. The van der Waals surface area contributed by atoms with Gasteiger partial charge in [0.1, 0.15) is 0 Å². The van der Waals surface area contributed by atoms with E-state index >= 15 is 0 Å². The van der Waals surface area contributed by atoms with Gasteiger partial charge in [0.25, 0.3) is 5.91 Å². The van der Waals surface area contributed by atoms with E-state index < -0.39 is 9.84 Å². The lowest BCUT2D eigenvalue weighted by atomic mass is 10.2. The molecule has 0 unspecified atom stereocenters. The number of rotatable bonds is 4. The number of carbonyl (C=O) groups excluding carboxylic acids is 2. The Morgan fingerprint density at radius 2 is 1.73 bits per heavy atom. The number of fused-ring (bicyclic) bond motifs is 1. The molecule has 0 fully saturated rings. The molecule has 0 bridgehead atoms. The molecule has 2 N–H and O–H groups in total.